The third-order valence-electron chi connectivity index (χ3n) is 5.88. The van der Waals surface area contributed by atoms with Crippen LogP contribution in [0.25, 0.3) is 10.9 Å². The zero-order chi connectivity index (χ0) is 16.0. The van der Waals surface area contributed by atoms with Crippen LogP contribution in [0, 0.1) is 11.8 Å². The van der Waals surface area contributed by atoms with Crippen LogP contribution >= 0.6 is 0 Å². The molecule has 1 aromatic carbocycles. The third-order valence-corrected chi connectivity index (χ3v) is 5.88. The molecule has 4 heterocycles. The van der Waals surface area contributed by atoms with Gasteiger partial charge in [0.2, 0.25) is 0 Å². The Morgan fingerprint density at radius 2 is 2.22 bits per heavy atom. The minimum Gasteiger partial charge on any atom is -0.497 e. The quantitative estimate of drug-likeness (QED) is 0.947. The predicted octanol–water partition coefficient (Wildman–Crippen LogP) is 2.97. The Morgan fingerprint density at radius 1 is 1.35 bits per heavy atom. The van der Waals surface area contributed by atoms with E-state index in [1.807, 2.05) is 18.3 Å². The van der Waals surface area contributed by atoms with Gasteiger partial charge in [-0.05, 0) is 61.1 Å². The second kappa shape index (κ2) is 5.77. The molecule has 3 aliphatic heterocycles. The molecule has 3 fully saturated rings. The summed E-state index contributed by atoms with van der Waals surface area (Å²) in [5.74, 6) is 2.50. The Morgan fingerprint density at radius 3 is 2.91 bits per heavy atom. The number of rotatable bonds is 3. The number of nitrogens with zero attached hydrogens (tertiary/aromatic N) is 2. The van der Waals surface area contributed by atoms with Crippen molar-refractivity contribution in [1.82, 2.24) is 9.88 Å². The van der Waals surface area contributed by atoms with Crippen molar-refractivity contribution in [3.8, 4) is 5.75 Å². The van der Waals surface area contributed by atoms with Gasteiger partial charge in [-0.2, -0.15) is 0 Å². The van der Waals surface area contributed by atoms with Crippen molar-refractivity contribution in [2.24, 2.45) is 17.6 Å². The fourth-order valence-electron chi connectivity index (χ4n) is 4.48. The van der Waals surface area contributed by atoms with E-state index in [1.54, 1.807) is 7.11 Å². The standard InChI is InChI=1S/C19H25N3O/c1-12-11-22-8-6-13(12)9-18(22)19(20)15-5-7-21-17-4-3-14(23-2)10-16(15)17/h3-5,7,10,12-13,18-19H,6,8-9,11,20H2,1-2H3. The van der Waals surface area contributed by atoms with Crippen molar-refractivity contribution < 1.29 is 4.74 Å². The molecule has 5 rings (SSSR count). The maximum atomic E-state index is 6.75. The number of benzene rings is 1. The average Bonchev–Trinajstić information content (AvgIpc) is 2.60. The highest BCUT2D eigenvalue weighted by atomic mass is 16.5. The molecule has 0 radical (unpaired) electrons. The fraction of sp³-hybridized carbons (Fsp3) is 0.526. The van der Waals surface area contributed by atoms with Crippen LogP contribution in [-0.2, 0) is 0 Å². The lowest BCUT2D eigenvalue weighted by Crippen LogP contribution is -2.56. The van der Waals surface area contributed by atoms with Crippen LogP contribution in [0.3, 0.4) is 0 Å². The smallest absolute Gasteiger partial charge is 0.119 e. The highest BCUT2D eigenvalue weighted by Crippen LogP contribution is 2.40. The number of hydrogen-bond donors (Lipinski definition) is 1. The molecule has 1 aromatic heterocycles. The van der Waals surface area contributed by atoms with Gasteiger partial charge < -0.3 is 10.5 Å². The van der Waals surface area contributed by atoms with E-state index in [1.165, 1.54) is 31.5 Å². The molecular weight excluding hydrogens is 286 g/mol. The van der Waals surface area contributed by atoms with Crippen molar-refractivity contribution in [1.29, 1.82) is 0 Å². The van der Waals surface area contributed by atoms with Gasteiger partial charge in [0.05, 0.1) is 12.6 Å². The molecule has 4 heteroatoms. The summed E-state index contributed by atoms with van der Waals surface area (Å²) in [5, 5.41) is 1.12. The van der Waals surface area contributed by atoms with Gasteiger partial charge >= 0.3 is 0 Å². The van der Waals surface area contributed by atoms with E-state index in [9.17, 15) is 0 Å². The molecule has 3 aliphatic rings. The number of piperidine rings is 3. The average molecular weight is 311 g/mol. The number of methoxy groups -OCH3 is 1. The first-order valence-electron chi connectivity index (χ1n) is 8.59. The first kappa shape index (κ1) is 14.9. The fourth-order valence-corrected chi connectivity index (χ4v) is 4.48. The number of nitrogens with two attached hydrogens (primary N) is 1. The predicted molar refractivity (Wildman–Crippen MR) is 92.5 cm³/mol. The molecule has 0 saturated carbocycles. The number of hydrogen-bond acceptors (Lipinski definition) is 4. The van der Waals surface area contributed by atoms with Crippen molar-refractivity contribution in [3.05, 3.63) is 36.0 Å². The number of aromatic nitrogens is 1. The molecule has 2 N–H and O–H groups in total. The lowest BCUT2D eigenvalue weighted by atomic mass is 9.74. The third kappa shape index (κ3) is 2.50. The van der Waals surface area contributed by atoms with E-state index in [0.29, 0.717) is 6.04 Å². The van der Waals surface area contributed by atoms with E-state index in [4.69, 9.17) is 10.5 Å². The SMILES string of the molecule is COc1ccc2nccc(C(N)C3CC4CCN3CC4C)c2c1. The van der Waals surface area contributed by atoms with Crippen molar-refractivity contribution in [2.45, 2.75) is 31.8 Å². The molecule has 0 amide bonds. The van der Waals surface area contributed by atoms with Crippen LogP contribution in [0.5, 0.6) is 5.75 Å². The van der Waals surface area contributed by atoms with Crippen LogP contribution < -0.4 is 10.5 Å². The molecule has 2 bridgehead atoms. The molecule has 5 unspecified atom stereocenters. The van der Waals surface area contributed by atoms with Crippen LogP contribution in [0.15, 0.2) is 30.5 Å². The summed E-state index contributed by atoms with van der Waals surface area (Å²) in [6.45, 7) is 4.76. The number of fused-ring (bicyclic) bond motifs is 4. The summed E-state index contributed by atoms with van der Waals surface area (Å²) >= 11 is 0. The van der Waals surface area contributed by atoms with Crippen LogP contribution in [0.4, 0.5) is 0 Å². The van der Waals surface area contributed by atoms with Gasteiger partial charge in [0.15, 0.2) is 0 Å². The molecule has 4 nitrogen and oxygen atoms in total. The van der Waals surface area contributed by atoms with Crippen molar-refractivity contribution in [2.75, 3.05) is 20.2 Å². The zero-order valence-electron chi connectivity index (χ0n) is 13.9. The highest BCUT2D eigenvalue weighted by Gasteiger charge is 2.41. The monoisotopic (exact) mass is 311 g/mol. The first-order valence-corrected chi connectivity index (χ1v) is 8.59. The minimum atomic E-state index is 0.0305. The lowest BCUT2D eigenvalue weighted by molar-refractivity contribution is -0.00254. The molecule has 3 saturated heterocycles. The summed E-state index contributed by atoms with van der Waals surface area (Å²) in [4.78, 5) is 7.08. The van der Waals surface area contributed by atoms with Gasteiger partial charge in [-0.3, -0.25) is 9.88 Å². The maximum absolute atomic E-state index is 6.75. The van der Waals surface area contributed by atoms with E-state index in [0.717, 1.165) is 28.5 Å². The molecule has 0 spiro atoms. The number of pyridine rings is 1. The van der Waals surface area contributed by atoms with Crippen LogP contribution in [0.1, 0.15) is 31.4 Å². The summed E-state index contributed by atoms with van der Waals surface area (Å²) < 4.78 is 5.39. The molecule has 23 heavy (non-hydrogen) atoms. The largest absolute Gasteiger partial charge is 0.497 e. The minimum absolute atomic E-state index is 0.0305. The van der Waals surface area contributed by atoms with Crippen LogP contribution in [0.2, 0.25) is 0 Å². The Bertz CT molecular complexity index is 717. The Kier molecular flexibility index (Phi) is 3.74. The summed E-state index contributed by atoms with van der Waals surface area (Å²) in [7, 11) is 1.70. The van der Waals surface area contributed by atoms with E-state index in [-0.39, 0.29) is 6.04 Å². The lowest BCUT2D eigenvalue weighted by Gasteiger charge is -2.51. The Labute approximate surface area is 137 Å². The highest BCUT2D eigenvalue weighted by molar-refractivity contribution is 5.84. The van der Waals surface area contributed by atoms with Gasteiger partial charge in [0, 0.05) is 30.2 Å². The second-order valence-electron chi connectivity index (χ2n) is 7.13. The van der Waals surface area contributed by atoms with Gasteiger partial charge in [-0.25, -0.2) is 0 Å². The normalized spacial score (nSPS) is 31.3. The van der Waals surface area contributed by atoms with Crippen molar-refractivity contribution >= 4 is 10.9 Å². The van der Waals surface area contributed by atoms with Crippen molar-refractivity contribution in [3.63, 3.8) is 0 Å². The molecule has 2 aromatic rings. The summed E-state index contributed by atoms with van der Waals surface area (Å²) in [5.41, 5.74) is 8.93. The molecule has 122 valence electrons. The maximum Gasteiger partial charge on any atom is 0.119 e. The van der Waals surface area contributed by atoms with Gasteiger partial charge in [0.1, 0.15) is 5.75 Å². The number of ether oxygens (including phenoxy) is 1. The summed E-state index contributed by atoms with van der Waals surface area (Å²) in [6.07, 6.45) is 4.43. The summed E-state index contributed by atoms with van der Waals surface area (Å²) in [6, 6.07) is 8.60. The molecule has 5 atom stereocenters. The topological polar surface area (TPSA) is 51.4 Å². The van der Waals surface area contributed by atoms with Gasteiger partial charge in [0.25, 0.3) is 0 Å². The van der Waals surface area contributed by atoms with Gasteiger partial charge in [-0.1, -0.05) is 6.92 Å². The molecular formula is C19H25N3O. The second-order valence-corrected chi connectivity index (χ2v) is 7.13. The Hall–Kier alpha value is -1.65. The van der Waals surface area contributed by atoms with E-state index in [2.05, 4.69) is 28.9 Å². The Balaban J connectivity index is 1.71. The zero-order valence-corrected chi connectivity index (χ0v) is 13.9. The van der Waals surface area contributed by atoms with E-state index >= 15 is 0 Å². The molecule has 0 aliphatic carbocycles. The van der Waals surface area contributed by atoms with E-state index < -0.39 is 0 Å². The first-order chi connectivity index (χ1) is 11.2. The van der Waals surface area contributed by atoms with Crippen LogP contribution in [-0.4, -0.2) is 36.1 Å². The van der Waals surface area contributed by atoms with Gasteiger partial charge in [-0.15, -0.1) is 0 Å².